The Morgan fingerprint density at radius 3 is 2.47 bits per heavy atom. The first-order valence-electron chi connectivity index (χ1n) is 11.1. The topological polar surface area (TPSA) is 80.8 Å². The third-order valence-electron chi connectivity index (χ3n) is 5.39. The predicted molar refractivity (Wildman–Crippen MR) is 133 cm³/mol. The van der Waals surface area contributed by atoms with E-state index in [2.05, 4.69) is 15.2 Å². The molecule has 3 aromatic rings. The van der Waals surface area contributed by atoms with Crippen molar-refractivity contribution in [3.05, 3.63) is 78.0 Å². The van der Waals surface area contributed by atoms with Crippen LogP contribution in [0, 0.1) is 6.92 Å². The molecule has 176 valence electrons. The number of nitrogens with zero attached hydrogens (tertiary/aromatic N) is 2. The Balaban J connectivity index is 1.36. The molecular weight excluding hydrogens is 450 g/mol. The quantitative estimate of drug-likeness (QED) is 0.500. The van der Waals surface area contributed by atoms with E-state index in [-0.39, 0.29) is 0 Å². The molecule has 0 saturated carbocycles. The summed E-state index contributed by atoms with van der Waals surface area (Å²) in [5.41, 5.74) is 3.20. The monoisotopic (exact) mass is 477 g/mol. The number of nitrogens with one attached hydrogen (secondary N) is 1. The first kappa shape index (κ1) is 23.8. The molecule has 2 aromatic carbocycles. The number of ether oxygens (including phenoxy) is 2. The molecule has 7 nitrogen and oxygen atoms in total. The van der Waals surface area contributed by atoms with Crippen molar-refractivity contribution in [3.63, 3.8) is 0 Å². The first-order valence-corrected chi connectivity index (χ1v) is 12.0. The van der Waals surface area contributed by atoms with Gasteiger partial charge in [-0.25, -0.2) is 9.78 Å². The molecule has 1 aliphatic heterocycles. The van der Waals surface area contributed by atoms with Gasteiger partial charge < -0.3 is 19.7 Å². The molecule has 0 aliphatic carbocycles. The molecule has 1 aliphatic rings. The summed E-state index contributed by atoms with van der Waals surface area (Å²) in [6.45, 7) is 6.68. The van der Waals surface area contributed by atoms with E-state index in [0.717, 1.165) is 29.2 Å². The van der Waals surface area contributed by atoms with Crippen LogP contribution in [0.1, 0.15) is 22.8 Å². The number of carbonyl (C=O) groups excluding carboxylic acids is 2. The van der Waals surface area contributed by atoms with Crippen molar-refractivity contribution in [2.45, 2.75) is 29.9 Å². The largest absolute Gasteiger partial charge is 0.449 e. The van der Waals surface area contributed by atoms with Gasteiger partial charge >= 0.3 is 5.97 Å². The lowest BCUT2D eigenvalue weighted by atomic mass is 10.2. The maximum atomic E-state index is 12.8. The number of carbonyl (C=O) groups is 2. The SMILES string of the molecule is Cc1ccc(Sc2ncccc2C(=O)O[C@H](C)C(=O)Nc2ccc(N3CCOCC3)cc2)cc1. The van der Waals surface area contributed by atoms with Gasteiger partial charge in [0.15, 0.2) is 6.10 Å². The third-order valence-corrected chi connectivity index (χ3v) is 6.42. The van der Waals surface area contributed by atoms with Crippen LogP contribution in [0.4, 0.5) is 11.4 Å². The van der Waals surface area contributed by atoms with Crippen LogP contribution in [0.25, 0.3) is 0 Å². The number of anilines is 2. The highest BCUT2D eigenvalue weighted by Crippen LogP contribution is 2.29. The van der Waals surface area contributed by atoms with Gasteiger partial charge in [0.25, 0.3) is 5.91 Å². The van der Waals surface area contributed by atoms with Crippen LogP contribution >= 0.6 is 11.8 Å². The van der Waals surface area contributed by atoms with Gasteiger partial charge in [-0.15, -0.1) is 0 Å². The summed E-state index contributed by atoms with van der Waals surface area (Å²) in [5.74, 6) is -0.989. The number of aryl methyl sites for hydroxylation is 1. The van der Waals surface area contributed by atoms with Gasteiger partial charge in [-0.2, -0.15) is 0 Å². The van der Waals surface area contributed by atoms with Crippen LogP contribution < -0.4 is 10.2 Å². The summed E-state index contributed by atoms with van der Waals surface area (Å²) in [6, 6.07) is 18.9. The van der Waals surface area contributed by atoms with Crippen molar-refractivity contribution in [1.82, 2.24) is 4.98 Å². The summed E-state index contributed by atoms with van der Waals surface area (Å²) in [6.07, 6.45) is 0.660. The van der Waals surface area contributed by atoms with Crippen LogP contribution in [-0.4, -0.2) is 49.3 Å². The molecule has 4 rings (SSSR count). The van der Waals surface area contributed by atoms with E-state index < -0.39 is 18.0 Å². The Bertz CT molecular complexity index is 1130. The Kier molecular flexibility index (Phi) is 7.82. The zero-order valence-electron chi connectivity index (χ0n) is 19.2. The van der Waals surface area contributed by atoms with E-state index in [1.807, 2.05) is 55.5 Å². The molecule has 0 unspecified atom stereocenters. The molecule has 8 heteroatoms. The fourth-order valence-electron chi connectivity index (χ4n) is 3.44. The van der Waals surface area contributed by atoms with E-state index in [1.54, 1.807) is 25.3 Å². The minimum absolute atomic E-state index is 0.322. The lowest BCUT2D eigenvalue weighted by molar-refractivity contribution is -0.123. The highest BCUT2D eigenvalue weighted by molar-refractivity contribution is 7.99. The number of hydrogen-bond acceptors (Lipinski definition) is 7. The number of hydrogen-bond donors (Lipinski definition) is 1. The summed E-state index contributed by atoms with van der Waals surface area (Å²) in [4.78, 5) is 33.0. The number of aromatic nitrogens is 1. The molecule has 1 aromatic heterocycles. The van der Waals surface area contributed by atoms with E-state index in [4.69, 9.17) is 9.47 Å². The molecule has 2 heterocycles. The Morgan fingerprint density at radius 1 is 1.06 bits per heavy atom. The molecule has 1 N–H and O–H groups in total. The second-order valence-corrected chi connectivity index (χ2v) is 9.02. The number of rotatable bonds is 7. The molecule has 0 spiro atoms. The van der Waals surface area contributed by atoms with Crippen LogP contribution in [-0.2, 0) is 14.3 Å². The van der Waals surface area contributed by atoms with Gasteiger partial charge in [0.1, 0.15) is 5.03 Å². The minimum Gasteiger partial charge on any atom is -0.449 e. The smallest absolute Gasteiger partial charge is 0.341 e. The zero-order chi connectivity index (χ0) is 23.9. The average Bonchev–Trinajstić information content (AvgIpc) is 2.86. The van der Waals surface area contributed by atoms with Crippen molar-refractivity contribution >= 4 is 35.0 Å². The predicted octanol–water partition coefficient (Wildman–Crippen LogP) is 4.56. The number of morpholine rings is 1. The van der Waals surface area contributed by atoms with Gasteiger partial charge in [0, 0.05) is 35.6 Å². The molecule has 0 radical (unpaired) electrons. The molecule has 1 saturated heterocycles. The van der Waals surface area contributed by atoms with Gasteiger partial charge in [-0.1, -0.05) is 29.5 Å². The molecule has 1 fully saturated rings. The molecule has 1 amide bonds. The fourth-order valence-corrected chi connectivity index (χ4v) is 4.31. The lowest BCUT2D eigenvalue weighted by Gasteiger charge is -2.28. The number of pyridine rings is 1. The maximum Gasteiger partial charge on any atom is 0.341 e. The molecular formula is C26H27N3O4S. The summed E-state index contributed by atoms with van der Waals surface area (Å²) in [7, 11) is 0. The zero-order valence-corrected chi connectivity index (χ0v) is 20.0. The number of amides is 1. The Morgan fingerprint density at radius 2 is 1.76 bits per heavy atom. The first-order chi connectivity index (χ1) is 16.5. The Labute approximate surface area is 203 Å². The lowest BCUT2D eigenvalue weighted by Crippen LogP contribution is -2.36. The van der Waals surface area contributed by atoms with Crippen LogP contribution in [0.2, 0.25) is 0 Å². The minimum atomic E-state index is -0.969. The van der Waals surface area contributed by atoms with Gasteiger partial charge in [0.2, 0.25) is 0 Å². The van der Waals surface area contributed by atoms with E-state index in [9.17, 15) is 9.59 Å². The van der Waals surface area contributed by atoms with Crippen molar-refractivity contribution < 1.29 is 19.1 Å². The standard InChI is InChI=1S/C26H27N3O4S/c1-18-5-11-22(12-6-18)34-25-23(4-3-13-27-25)26(31)33-19(2)24(30)28-20-7-9-21(10-8-20)29-14-16-32-17-15-29/h3-13,19H,14-17H2,1-2H3,(H,28,30)/t19-/m1/s1. The van der Waals surface area contributed by atoms with Gasteiger partial charge in [0.05, 0.1) is 18.8 Å². The maximum absolute atomic E-state index is 12.8. The third kappa shape index (κ3) is 6.15. The normalized spacial score (nSPS) is 14.4. The van der Waals surface area contributed by atoms with Crippen molar-refractivity contribution in [2.75, 3.05) is 36.5 Å². The van der Waals surface area contributed by atoms with E-state index >= 15 is 0 Å². The average molecular weight is 478 g/mol. The van der Waals surface area contributed by atoms with Crippen LogP contribution in [0.15, 0.2) is 76.8 Å². The van der Waals surface area contributed by atoms with Crippen molar-refractivity contribution in [2.24, 2.45) is 0 Å². The van der Waals surface area contributed by atoms with Crippen LogP contribution in [0.3, 0.4) is 0 Å². The fraction of sp³-hybridized carbons (Fsp3) is 0.269. The van der Waals surface area contributed by atoms with Crippen molar-refractivity contribution in [3.8, 4) is 0 Å². The van der Waals surface area contributed by atoms with E-state index in [1.165, 1.54) is 11.8 Å². The number of esters is 1. The Hall–Kier alpha value is -3.36. The highest BCUT2D eigenvalue weighted by Gasteiger charge is 2.22. The van der Waals surface area contributed by atoms with Gasteiger partial charge in [-0.3, -0.25) is 4.79 Å². The van der Waals surface area contributed by atoms with Crippen molar-refractivity contribution in [1.29, 1.82) is 0 Å². The summed E-state index contributed by atoms with van der Waals surface area (Å²) in [5, 5.41) is 3.34. The van der Waals surface area contributed by atoms with E-state index in [0.29, 0.717) is 29.5 Å². The van der Waals surface area contributed by atoms with Crippen LogP contribution in [0.5, 0.6) is 0 Å². The summed E-state index contributed by atoms with van der Waals surface area (Å²) >= 11 is 1.38. The highest BCUT2D eigenvalue weighted by atomic mass is 32.2. The second kappa shape index (κ2) is 11.2. The molecule has 1 atom stereocenters. The second-order valence-electron chi connectivity index (χ2n) is 7.95. The molecule has 34 heavy (non-hydrogen) atoms. The number of benzene rings is 2. The molecule has 0 bridgehead atoms. The van der Waals surface area contributed by atoms with Gasteiger partial charge in [-0.05, 0) is 62.4 Å². The summed E-state index contributed by atoms with van der Waals surface area (Å²) < 4.78 is 10.8.